The van der Waals surface area contributed by atoms with Crippen molar-refractivity contribution in [3.05, 3.63) is 58.8 Å². The van der Waals surface area contributed by atoms with E-state index < -0.39 is 11.7 Å². The molecule has 5 rings (SSSR count). The minimum Gasteiger partial charge on any atom is -0.355 e. The summed E-state index contributed by atoms with van der Waals surface area (Å²) in [5, 5.41) is 1.85. The first kappa shape index (κ1) is 19.9. The summed E-state index contributed by atoms with van der Waals surface area (Å²) in [6.45, 7) is 6.42. The Labute approximate surface area is 178 Å². The second-order valence-electron chi connectivity index (χ2n) is 8.05. The highest BCUT2D eigenvalue weighted by Crippen LogP contribution is 2.38. The Morgan fingerprint density at radius 1 is 1.06 bits per heavy atom. The molecule has 1 aromatic carbocycles. The average Bonchev–Trinajstić information content (AvgIpc) is 3.22. The molecule has 0 saturated carbocycles. The maximum Gasteiger partial charge on any atom is 0.416 e. The van der Waals surface area contributed by atoms with Crippen LogP contribution < -0.4 is 10.3 Å². The Hall–Kier alpha value is -3.07. The van der Waals surface area contributed by atoms with Gasteiger partial charge in [-0.2, -0.15) is 13.2 Å². The van der Waals surface area contributed by atoms with Crippen LogP contribution in [0.2, 0.25) is 0 Å². The van der Waals surface area contributed by atoms with Crippen LogP contribution in [0.1, 0.15) is 34.8 Å². The van der Waals surface area contributed by atoms with Crippen molar-refractivity contribution in [2.75, 3.05) is 31.6 Å². The number of benzene rings is 1. The monoisotopic (exact) mass is 428 g/mol. The minimum atomic E-state index is -4.36. The summed E-state index contributed by atoms with van der Waals surface area (Å²) in [5.74, 6) is 1.77. The van der Waals surface area contributed by atoms with Crippen molar-refractivity contribution in [1.29, 1.82) is 0 Å². The smallest absolute Gasteiger partial charge is 0.355 e. The highest BCUT2D eigenvalue weighted by molar-refractivity contribution is 5.98. The Morgan fingerprint density at radius 2 is 1.77 bits per heavy atom. The van der Waals surface area contributed by atoms with Gasteiger partial charge in [0.1, 0.15) is 11.3 Å². The van der Waals surface area contributed by atoms with Gasteiger partial charge < -0.3 is 9.91 Å². The van der Waals surface area contributed by atoms with Gasteiger partial charge in [-0.15, -0.1) is 0 Å². The molecular formula is C22H23F3N6. The van der Waals surface area contributed by atoms with E-state index in [-0.39, 0.29) is 0 Å². The number of hydrazine groups is 1. The standard InChI is InChI=1S/C22H23F3N6/c1-13-11-26-21(30-9-4-10-30)20-18(28-14(2)31(13)20)17-12-27-29(3)19(17)15-5-7-16(8-6-15)22(23,24)25/h5-8,11,27H,4,9-10,12H2,1-3H3. The number of imidazole rings is 1. The molecule has 1 saturated heterocycles. The molecule has 6 nitrogen and oxygen atoms in total. The van der Waals surface area contributed by atoms with Gasteiger partial charge in [-0.05, 0) is 38.0 Å². The molecule has 2 aromatic heterocycles. The van der Waals surface area contributed by atoms with Gasteiger partial charge in [0.15, 0.2) is 5.82 Å². The maximum absolute atomic E-state index is 13.0. The Balaban J connectivity index is 1.71. The molecule has 2 aliphatic rings. The molecule has 0 atom stereocenters. The number of aryl methyl sites for hydroxylation is 2. The zero-order chi connectivity index (χ0) is 21.9. The van der Waals surface area contributed by atoms with E-state index in [2.05, 4.69) is 14.7 Å². The Kier molecular flexibility index (Phi) is 4.47. The lowest BCUT2D eigenvalue weighted by Crippen LogP contribution is -2.38. The second-order valence-corrected chi connectivity index (χ2v) is 8.05. The fourth-order valence-corrected chi connectivity index (χ4v) is 4.36. The number of fused-ring (bicyclic) bond motifs is 1. The molecule has 0 aliphatic carbocycles. The first-order valence-corrected chi connectivity index (χ1v) is 10.2. The highest BCUT2D eigenvalue weighted by atomic mass is 19.4. The molecule has 0 radical (unpaired) electrons. The van der Waals surface area contributed by atoms with Crippen LogP contribution in [0.5, 0.6) is 0 Å². The largest absolute Gasteiger partial charge is 0.416 e. The van der Waals surface area contributed by atoms with Crippen LogP contribution in [0, 0.1) is 13.8 Å². The SMILES string of the molecule is Cc1cnc(N2CCC2)c2c(C3=C(c4ccc(C(F)(F)F)cc4)N(C)NC3)nc(C)n12. The molecule has 0 amide bonds. The summed E-state index contributed by atoms with van der Waals surface area (Å²) in [5.41, 5.74) is 7.87. The van der Waals surface area contributed by atoms with Crippen molar-refractivity contribution >= 4 is 22.6 Å². The third kappa shape index (κ3) is 3.15. The van der Waals surface area contributed by atoms with Crippen molar-refractivity contribution in [3.8, 4) is 0 Å². The fraction of sp³-hybridized carbons (Fsp3) is 0.364. The molecule has 162 valence electrons. The topological polar surface area (TPSA) is 48.7 Å². The predicted octanol–water partition coefficient (Wildman–Crippen LogP) is 3.89. The molecule has 0 spiro atoms. The number of hydrogen-bond donors (Lipinski definition) is 1. The van der Waals surface area contributed by atoms with Crippen LogP contribution in [0.3, 0.4) is 0 Å². The fourth-order valence-electron chi connectivity index (χ4n) is 4.36. The molecule has 2 aliphatic heterocycles. The zero-order valence-corrected chi connectivity index (χ0v) is 17.6. The number of anilines is 1. The maximum atomic E-state index is 13.0. The van der Waals surface area contributed by atoms with Crippen LogP contribution in [0.25, 0.3) is 16.8 Å². The van der Waals surface area contributed by atoms with Crippen LogP contribution >= 0.6 is 0 Å². The summed E-state index contributed by atoms with van der Waals surface area (Å²) in [7, 11) is 1.87. The number of aromatic nitrogens is 3. The number of nitrogens with zero attached hydrogens (tertiary/aromatic N) is 5. The number of hydrogen-bond acceptors (Lipinski definition) is 5. The van der Waals surface area contributed by atoms with Gasteiger partial charge in [-0.3, -0.25) is 4.40 Å². The quantitative estimate of drug-likeness (QED) is 0.686. The van der Waals surface area contributed by atoms with E-state index in [1.165, 1.54) is 12.1 Å². The number of nitrogens with one attached hydrogen (secondary N) is 1. The van der Waals surface area contributed by atoms with Crippen LogP contribution in [-0.4, -0.2) is 46.1 Å². The van der Waals surface area contributed by atoms with Gasteiger partial charge in [-0.1, -0.05) is 12.1 Å². The van der Waals surface area contributed by atoms with E-state index in [4.69, 9.17) is 9.97 Å². The second kappa shape index (κ2) is 6.98. The third-order valence-corrected chi connectivity index (χ3v) is 6.02. The van der Waals surface area contributed by atoms with Crippen molar-refractivity contribution in [2.45, 2.75) is 26.4 Å². The molecule has 3 aromatic rings. The lowest BCUT2D eigenvalue weighted by atomic mass is 10.0. The van der Waals surface area contributed by atoms with Crippen molar-refractivity contribution in [2.24, 2.45) is 0 Å². The van der Waals surface area contributed by atoms with Gasteiger partial charge in [0, 0.05) is 44.1 Å². The van der Waals surface area contributed by atoms with Crippen LogP contribution in [-0.2, 0) is 6.18 Å². The molecule has 31 heavy (non-hydrogen) atoms. The van der Waals surface area contributed by atoms with Gasteiger partial charge in [-0.25, -0.2) is 15.4 Å². The molecule has 4 heterocycles. The van der Waals surface area contributed by atoms with Gasteiger partial charge in [0.2, 0.25) is 0 Å². The summed E-state index contributed by atoms with van der Waals surface area (Å²) in [6, 6.07) is 5.29. The average molecular weight is 428 g/mol. The highest BCUT2D eigenvalue weighted by Gasteiger charge is 2.32. The van der Waals surface area contributed by atoms with E-state index in [1.807, 2.05) is 32.1 Å². The summed E-state index contributed by atoms with van der Waals surface area (Å²) >= 11 is 0. The Morgan fingerprint density at radius 3 is 2.39 bits per heavy atom. The summed E-state index contributed by atoms with van der Waals surface area (Å²) in [6.07, 6.45) is -1.36. The first-order chi connectivity index (χ1) is 14.8. The third-order valence-electron chi connectivity index (χ3n) is 6.02. The molecular weight excluding hydrogens is 405 g/mol. The van der Waals surface area contributed by atoms with Crippen molar-refractivity contribution in [1.82, 2.24) is 24.8 Å². The lowest BCUT2D eigenvalue weighted by molar-refractivity contribution is -0.137. The molecule has 0 unspecified atom stereocenters. The lowest BCUT2D eigenvalue weighted by Gasteiger charge is -2.32. The van der Waals surface area contributed by atoms with Gasteiger partial charge in [0.05, 0.1) is 17.0 Å². The van der Waals surface area contributed by atoms with Gasteiger partial charge in [0.25, 0.3) is 0 Å². The molecule has 0 bridgehead atoms. The van der Waals surface area contributed by atoms with Crippen LogP contribution in [0.15, 0.2) is 30.5 Å². The van der Waals surface area contributed by atoms with E-state index in [0.717, 1.165) is 71.5 Å². The van der Waals surface area contributed by atoms with E-state index in [9.17, 15) is 13.2 Å². The first-order valence-electron chi connectivity index (χ1n) is 10.2. The van der Waals surface area contributed by atoms with Crippen molar-refractivity contribution in [3.63, 3.8) is 0 Å². The molecule has 1 fully saturated rings. The molecule has 1 N–H and O–H groups in total. The number of halogens is 3. The van der Waals surface area contributed by atoms with E-state index in [0.29, 0.717) is 12.1 Å². The minimum absolute atomic E-state index is 0.534. The van der Waals surface area contributed by atoms with Gasteiger partial charge >= 0.3 is 6.18 Å². The van der Waals surface area contributed by atoms with E-state index >= 15 is 0 Å². The predicted molar refractivity (Wildman–Crippen MR) is 113 cm³/mol. The van der Waals surface area contributed by atoms with Crippen LogP contribution in [0.4, 0.5) is 19.0 Å². The summed E-state index contributed by atoms with van der Waals surface area (Å²) < 4.78 is 41.2. The zero-order valence-electron chi connectivity index (χ0n) is 17.6. The van der Waals surface area contributed by atoms with Crippen molar-refractivity contribution < 1.29 is 13.2 Å². The summed E-state index contributed by atoms with van der Waals surface area (Å²) in [4.78, 5) is 11.8. The Bertz CT molecular complexity index is 1190. The number of rotatable bonds is 3. The molecule has 9 heteroatoms. The number of alkyl halides is 3. The van der Waals surface area contributed by atoms with E-state index in [1.54, 1.807) is 0 Å². The normalized spacial score (nSPS) is 17.1.